The quantitative estimate of drug-likeness (QED) is 0.742. The van der Waals surface area contributed by atoms with E-state index in [1.807, 2.05) is 6.92 Å². The summed E-state index contributed by atoms with van der Waals surface area (Å²) in [6.45, 7) is 3.49. The fraction of sp³-hybridized carbons (Fsp3) is 0.600. The summed E-state index contributed by atoms with van der Waals surface area (Å²) in [5.74, 6) is -1.09. The van der Waals surface area contributed by atoms with Crippen LogP contribution in [-0.2, 0) is 9.59 Å². The second-order valence-corrected chi connectivity index (χ2v) is 6.52. The molecule has 0 aromatic rings. The molecule has 1 unspecified atom stereocenters. The summed E-state index contributed by atoms with van der Waals surface area (Å²) in [6, 6.07) is 0. The van der Waals surface area contributed by atoms with E-state index in [9.17, 15) is 14.7 Å². The lowest BCUT2D eigenvalue weighted by Gasteiger charge is -2.43. The Kier molecular flexibility index (Phi) is 3.42. The highest BCUT2D eigenvalue weighted by molar-refractivity contribution is 8.22. The highest BCUT2D eigenvalue weighted by atomic mass is 32.2. The molecule has 5 nitrogen and oxygen atoms in total. The van der Waals surface area contributed by atoms with Crippen molar-refractivity contribution in [3.05, 3.63) is 9.93 Å². The van der Waals surface area contributed by atoms with Crippen molar-refractivity contribution in [2.24, 2.45) is 5.92 Å². The van der Waals surface area contributed by atoms with Crippen LogP contribution in [0.3, 0.4) is 0 Å². The van der Waals surface area contributed by atoms with Crippen LogP contribution in [0, 0.1) is 5.92 Å². The molecule has 0 aromatic heterocycles. The number of carboxylic acids is 1. The number of nitrogens with zero attached hydrogens (tertiary/aromatic N) is 1. The summed E-state index contributed by atoms with van der Waals surface area (Å²) < 4.78 is 0.668. The third-order valence-electron chi connectivity index (χ3n) is 2.74. The van der Waals surface area contributed by atoms with E-state index < -0.39 is 18.0 Å². The van der Waals surface area contributed by atoms with Gasteiger partial charge in [-0.1, -0.05) is 18.7 Å². The minimum absolute atomic E-state index is 0.0775. The minimum Gasteiger partial charge on any atom is -0.477 e. The van der Waals surface area contributed by atoms with Crippen molar-refractivity contribution in [1.82, 2.24) is 4.90 Å². The fourth-order valence-corrected chi connectivity index (χ4v) is 4.81. The van der Waals surface area contributed by atoms with Gasteiger partial charge in [-0.25, -0.2) is 4.79 Å². The zero-order chi connectivity index (χ0) is 12.7. The molecule has 17 heavy (non-hydrogen) atoms. The molecule has 2 rings (SSSR count). The summed E-state index contributed by atoms with van der Waals surface area (Å²) in [5.41, 5.74) is 0.0775. The predicted molar refractivity (Wildman–Crippen MR) is 66.2 cm³/mol. The molecule has 2 aliphatic rings. The molecular weight excluding hydrogens is 262 g/mol. The van der Waals surface area contributed by atoms with Crippen LogP contribution < -0.4 is 0 Å². The summed E-state index contributed by atoms with van der Waals surface area (Å²) in [7, 11) is 0. The summed E-state index contributed by atoms with van der Waals surface area (Å²) in [6.07, 6.45) is -0.739. The molecule has 0 bridgehead atoms. The Labute approximate surface area is 107 Å². The lowest BCUT2D eigenvalue weighted by molar-refractivity contribution is -0.156. The molecule has 0 aromatic carbocycles. The average Bonchev–Trinajstić information content (AvgIpc) is 2.53. The van der Waals surface area contributed by atoms with Gasteiger partial charge in [0.1, 0.15) is 5.37 Å². The molecule has 2 N–H and O–H groups in total. The van der Waals surface area contributed by atoms with Gasteiger partial charge in [0, 0.05) is 0 Å². The number of carbonyl (C=O) groups is 2. The number of hydrogen-bond donors (Lipinski definition) is 2. The van der Waals surface area contributed by atoms with Gasteiger partial charge < -0.3 is 10.2 Å². The standard InChI is InChI=1S/C10H13NO4S2/c1-3-16-10-6(9(14)15)11-7(13)5(4(2)12)8(11)17-10/h4-5,8,12H,3H2,1-2H3,(H,14,15)/t4-,5?,8-/m1/s1. The van der Waals surface area contributed by atoms with Crippen molar-refractivity contribution in [3.8, 4) is 0 Å². The first-order valence-corrected chi connectivity index (χ1v) is 7.13. The Morgan fingerprint density at radius 3 is 2.76 bits per heavy atom. The van der Waals surface area contributed by atoms with Gasteiger partial charge in [0.05, 0.1) is 16.3 Å². The Morgan fingerprint density at radius 2 is 2.29 bits per heavy atom. The SMILES string of the molecule is CCSC1=C(C(=O)O)N2C(=O)C([C@@H](C)O)[C@H]2S1. The molecule has 2 aliphatic heterocycles. The van der Waals surface area contributed by atoms with E-state index in [-0.39, 0.29) is 17.0 Å². The molecule has 0 radical (unpaired) electrons. The van der Waals surface area contributed by atoms with Crippen molar-refractivity contribution in [3.63, 3.8) is 0 Å². The van der Waals surface area contributed by atoms with Crippen LogP contribution in [0.25, 0.3) is 0 Å². The molecule has 94 valence electrons. The molecule has 0 saturated carbocycles. The number of amides is 1. The van der Waals surface area contributed by atoms with Crippen molar-refractivity contribution in [2.45, 2.75) is 25.3 Å². The van der Waals surface area contributed by atoms with Gasteiger partial charge in [-0.2, -0.15) is 0 Å². The van der Waals surface area contributed by atoms with E-state index in [1.165, 1.54) is 28.4 Å². The molecule has 1 saturated heterocycles. The second kappa shape index (κ2) is 4.55. The molecule has 0 aliphatic carbocycles. The van der Waals surface area contributed by atoms with E-state index in [1.54, 1.807) is 6.92 Å². The zero-order valence-electron chi connectivity index (χ0n) is 9.41. The second-order valence-electron chi connectivity index (χ2n) is 3.86. The maximum atomic E-state index is 11.8. The molecule has 0 spiro atoms. The molecule has 1 amide bonds. The normalized spacial score (nSPS) is 29.1. The van der Waals surface area contributed by atoms with Gasteiger partial charge >= 0.3 is 5.97 Å². The number of fused-ring (bicyclic) bond motifs is 1. The monoisotopic (exact) mass is 275 g/mol. The third kappa shape index (κ3) is 1.86. The molecular formula is C10H13NO4S2. The topological polar surface area (TPSA) is 77.8 Å². The summed E-state index contributed by atoms with van der Waals surface area (Å²) in [4.78, 5) is 24.2. The first kappa shape index (κ1) is 12.8. The van der Waals surface area contributed by atoms with E-state index in [0.717, 1.165) is 5.75 Å². The Hall–Kier alpha value is -0.660. The van der Waals surface area contributed by atoms with Gasteiger partial charge in [0.2, 0.25) is 5.91 Å². The van der Waals surface area contributed by atoms with Crippen LogP contribution in [-0.4, -0.2) is 44.2 Å². The highest BCUT2D eigenvalue weighted by Crippen LogP contribution is 2.53. The minimum atomic E-state index is -1.08. The first-order valence-electron chi connectivity index (χ1n) is 5.27. The zero-order valence-corrected chi connectivity index (χ0v) is 11.0. The van der Waals surface area contributed by atoms with Gasteiger partial charge in [-0.15, -0.1) is 11.8 Å². The predicted octanol–water partition coefficient (Wildman–Crippen LogP) is 0.905. The Morgan fingerprint density at radius 1 is 1.65 bits per heavy atom. The largest absolute Gasteiger partial charge is 0.477 e. The summed E-state index contributed by atoms with van der Waals surface area (Å²) in [5, 5.41) is 18.4. The first-order chi connectivity index (χ1) is 7.99. The van der Waals surface area contributed by atoms with Crippen LogP contribution in [0.15, 0.2) is 9.93 Å². The Balaban J connectivity index is 2.26. The van der Waals surface area contributed by atoms with Gasteiger partial charge in [0.15, 0.2) is 5.70 Å². The van der Waals surface area contributed by atoms with Crippen molar-refractivity contribution < 1.29 is 19.8 Å². The van der Waals surface area contributed by atoms with Gasteiger partial charge in [-0.3, -0.25) is 9.69 Å². The smallest absolute Gasteiger partial charge is 0.354 e. The number of aliphatic hydroxyl groups excluding tert-OH is 1. The fourth-order valence-electron chi connectivity index (χ4n) is 1.98. The van der Waals surface area contributed by atoms with Crippen molar-refractivity contribution >= 4 is 35.4 Å². The number of aliphatic carboxylic acids is 1. The third-order valence-corrected chi connectivity index (χ3v) is 5.28. The average molecular weight is 275 g/mol. The van der Waals surface area contributed by atoms with Crippen LogP contribution in [0.2, 0.25) is 0 Å². The maximum absolute atomic E-state index is 11.8. The molecule has 7 heteroatoms. The van der Waals surface area contributed by atoms with E-state index in [2.05, 4.69) is 0 Å². The number of carbonyl (C=O) groups excluding carboxylic acids is 1. The highest BCUT2D eigenvalue weighted by Gasteiger charge is 2.57. The number of β-lactam (4-membered cyclic amide) rings is 1. The number of thioether (sulfide) groups is 2. The van der Waals surface area contributed by atoms with Crippen molar-refractivity contribution in [2.75, 3.05) is 5.75 Å². The Bertz CT molecular complexity index is 407. The lowest BCUT2D eigenvalue weighted by Crippen LogP contribution is -2.60. The summed E-state index contributed by atoms with van der Waals surface area (Å²) >= 11 is 2.79. The van der Waals surface area contributed by atoms with E-state index >= 15 is 0 Å². The van der Waals surface area contributed by atoms with Crippen LogP contribution in [0.1, 0.15) is 13.8 Å². The van der Waals surface area contributed by atoms with Crippen molar-refractivity contribution in [1.29, 1.82) is 0 Å². The molecule has 3 atom stereocenters. The van der Waals surface area contributed by atoms with Gasteiger partial charge in [0.25, 0.3) is 0 Å². The van der Waals surface area contributed by atoms with Crippen LogP contribution in [0.5, 0.6) is 0 Å². The molecule has 2 heterocycles. The number of aliphatic hydroxyl groups is 1. The van der Waals surface area contributed by atoms with Gasteiger partial charge in [-0.05, 0) is 12.7 Å². The number of hydrogen-bond acceptors (Lipinski definition) is 5. The maximum Gasteiger partial charge on any atom is 0.354 e. The number of carboxylic acid groups (broad SMARTS) is 1. The van der Waals surface area contributed by atoms with E-state index in [0.29, 0.717) is 4.24 Å². The van der Waals surface area contributed by atoms with Crippen LogP contribution in [0.4, 0.5) is 0 Å². The van der Waals surface area contributed by atoms with Crippen LogP contribution >= 0.6 is 23.5 Å². The number of rotatable bonds is 4. The molecule has 1 fully saturated rings. The lowest BCUT2D eigenvalue weighted by atomic mass is 9.92. The van der Waals surface area contributed by atoms with E-state index in [4.69, 9.17) is 5.11 Å².